The molecule has 2 aromatic rings. The van der Waals surface area contributed by atoms with Gasteiger partial charge < -0.3 is 9.64 Å². The minimum absolute atomic E-state index is 0.0171. The number of aromatic nitrogens is 1. The van der Waals surface area contributed by atoms with Gasteiger partial charge in [-0.1, -0.05) is 0 Å². The Morgan fingerprint density at radius 3 is 3.00 bits per heavy atom. The van der Waals surface area contributed by atoms with Gasteiger partial charge in [-0.15, -0.1) is 11.3 Å². The second-order valence-electron chi connectivity index (χ2n) is 6.07. The lowest BCUT2D eigenvalue weighted by atomic mass is 9.98. The first-order chi connectivity index (χ1) is 11.6. The molecule has 0 aliphatic carbocycles. The SMILES string of the molecule is CCOC(=O)CC1CCCCN1C(=O)c1ccc2sc(C)nc2c1. The van der Waals surface area contributed by atoms with Crippen molar-refractivity contribution in [2.75, 3.05) is 13.2 Å². The highest BCUT2D eigenvalue weighted by Gasteiger charge is 2.29. The number of ether oxygens (including phenoxy) is 1. The lowest BCUT2D eigenvalue weighted by Gasteiger charge is -2.35. The average Bonchev–Trinajstić information content (AvgIpc) is 2.94. The number of nitrogens with zero attached hydrogens (tertiary/aromatic N) is 2. The first-order valence-electron chi connectivity index (χ1n) is 8.42. The summed E-state index contributed by atoms with van der Waals surface area (Å²) in [4.78, 5) is 31.1. The summed E-state index contributed by atoms with van der Waals surface area (Å²) in [5.74, 6) is -0.246. The van der Waals surface area contributed by atoms with Gasteiger partial charge >= 0.3 is 5.97 Å². The Morgan fingerprint density at radius 2 is 2.21 bits per heavy atom. The molecule has 0 N–H and O–H groups in total. The molecule has 1 amide bonds. The predicted molar refractivity (Wildman–Crippen MR) is 94.3 cm³/mol. The minimum Gasteiger partial charge on any atom is -0.466 e. The summed E-state index contributed by atoms with van der Waals surface area (Å²) < 4.78 is 6.14. The van der Waals surface area contributed by atoms with E-state index in [1.807, 2.05) is 30.0 Å². The summed E-state index contributed by atoms with van der Waals surface area (Å²) >= 11 is 1.63. The summed E-state index contributed by atoms with van der Waals surface area (Å²) in [5, 5.41) is 0.993. The predicted octanol–water partition coefficient (Wildman–Crippen LogP) is 3.55. The molecule has 1 unspecified atom stereocenters. The van der Waals surface area contributed by atoms with Crippen LogP contribution >= 0.6 is 11.3 Å². The van der Waals surface area contributed by atoms with Gasteiger partial charge in [0.05, 0.1) is 28.3 Å². The molecule has 1 saturated heterocycles. The lowest BCUT2D eigenvalue weighted by Crippen LogP contribution is -2.45. The van der Waals surface area contributed by atoms with Gasteiger partial charge in [-0.25, -0.2) is 4.98 Å². The Balaban J connectivity index is 1.80. The molecule has 3 rings (SSSR count). The maximum Gasteiger partial charge on any atom is 0.307 e. The van der Waals surface area contributed by atoms with Gasteiger partial charge in [0.1, 0.15) is 0 Å². The zero-order valence-corrected chi connectivity index (χ0v) is 14.9. The molecular weight excluding hydrogens is 324 g/mol. The van der Waals surface area contributed by atoms with Crippen LogP contribution in [0.2, 0.25) is 0 Å². The van der Waals surface area contributed by atoms with Crippen LogP contribution in [0, 0.1) is 6.92 Å². The highest BCUT2D eigenvalue weighted by atomic mass is 32.1. The molecule has 128 valence electrons. The third kappa shape index (κ3) is 3.59. The van der Waals surface area contributed by atoms with E-state index in [0.717, 1.165) is 34.5 Å². The Kier molecular flexibility index (Phi) is 5.14. The van der Waals surface area contributed by atoms with Crippen LogP contribution in [0.4, 0.5) is 0 Å². The molecule has 2 heterocycles. The van der Waals surface area contributed by atoms with Crippen molar-refractivity contribution in [2.45, 2.75) is 45.6 Å². The maximum atomic E-state index is 12.9. The van der Waals surface area contributed by atoms with Gasteiger partial charge in [-0.3, -0.25) is 9.59 Å². The van der Waals surface area contributed by atoms with Crippen LogP contribution in [-0.2, 0) is 9.53 Å². The van der Waals surface area contributed by atoms with E-state index in [1.165, 1.54) is 0 Å². The van der Waals surface area contributed by atoms with E-state index in [-0.39, 0.29) is 24.3 Å². The average molecular weight is 346 g/mol. The molecular formula is C18H22N2O3S. The van der Waals surface area contributed by atoms with E-state index >= 15 is 0 Å². The molecule has 0 radical (unpaired) electrons. The number of amides is 1. The zero-order chi connectivity index (χ0) is 17.1. The number of piperidine rings is 1. The number of fused-ring (bicyclic) bond motifs is 1. The molecule has 5 nitrogen and oxygen atoms in total. The highest BCUT2D eigenvalue weighted by Crippen LogP contribution is 2.26. The number of thiazole rings is 1. The fourth-order valence-electron chi connectivity index (χ4n) is 3.23. The van der Waals surface area contributed by atoms with Crippen molar-refractivity contribution < 1.29 is 14.3 Å². The molecule has 6 heteroatoms. The van der Waals surface area contributed by atoms with Crippen molar-refractivity contribution in [1.29, 1.82) is 0 Å². The van der Waals surface area contributed by atoms with E-state index in [9.17, 15) is 9.59 Å². The topological polar surface area (TPSA) is 59.5 Å². The molecule has 1 aromatic carbocycles. The lowest BCUT2D eigenvalue weighted by molar-refractivity contribution is -0.144. The fraction of sp³-hybridized carbons (Fsp3) is 0.500. The van der Waals surface area contributed by atoms with Gasteiger partial charge in [-0.2, -0.15) is 0 Å². The summed E-state index contributed by atoms with van der Waals surface area (Å²) in [6, 6.07) is 5.60. The largest absolute Gasteiger partial charge is 0.466 e. The second-order valence-corrected chi connectivity index (χ2v) is 7.31. The van der Waals surface area contributed by atoms with Gasteiger partial charge in [0.15, 0.2) is 0 Å². The van der Waals surface area contributed by atoms with Crippen molar-refractivity contribution in [3.8, 4) is 0 Å². The van der Waals surface area contributed by atoms with Crippen molar-refractivity contribution in [2.24, 2.45) is 0 Å². The van der Waals surface area contributed by atoms with E-state index in [1.54, 1.807) is 18.3 Å². The molecule has 1 aliphatic rings. The molecule has 0 saturated carbocycles. The van der Waals surface area contributed by atoms with E-state index in [2.05, 4.69) is 4.98 Å². The standard InChI is InChI=1S/C18H22N2O3S/c1-3-23-17(21)11-14-6-4-5-9-20(14)18(22)13-7-8-16-15(10-13)19-12(2)24-16/h7-8,10,14H,3-6,9,11H2,1-2H3. The van der Waals surface area contributed by atoms with Crippen molar-refractivity contribution in [1.82, 2.24) is 9.88 Å². The van der Waals surface area contributed by atoms with E-state index in [4.69, 9.17) is 4.74 Å². The van der Waals surface area contributed by atoms with Crippen molar-refractivity contribution in [3.05, 3.63) is 28.8 Å². The summed E-state index contributed by atoms with van der Waals surface area (Å²) in [7, 11) is 0. The number of esters is 1. The van der Waals surface area contributed by atoms with Crippen LogP contribution in [0.1, 0.15) is 48.0 Å². The van der Waals surface area contributed by atoms with Crippen LogP contribution in [0.25, 0.3) is 10.2 Å². The van der Waals surface area contributed by atoms with E-state index < -0.39 is 0 Å². The molecule has 1 aliphatic heterocycles. The number of likely N-dealkylation sites (tertiary alicyclic amines) is 1. The molecule has 1 fully saturated rings. The Hall–Kier alpha value is -1.95. The normalized spacial score (nSPS) is 17.9. The van der Waals surface area contributed by atoms with Gasteiger partial charge in [-0.05, 0) is 51.3 Å². The molecule has 1 atom stereocenters. The first-order valence-corrected chi connectivity index (χ1v) is 9.24. The number of benzene rings is 1. The van der Waals surface area contributed by atoms with E-state index in [0.29, 0.717) is 18.7 Å². The first kappa shape index (κ1) is 16.9. The summed E-state index contributed by atoms with van der Waals surface area (Å²) in [5.41, 5.74) is 1.51. The summed E-state index contributed by atoms with van der Waals surface area (Å²) in [6.45, 7) is 4.83. The quantitative estimate of drug-likeness (QED) is 0.794. The van der Waals surface area contributed by atoms with Crippen molar-refractivity contribution >= 4 is 33.4 Å². The molecule has 24 heavy (non-hydrogen) atoms. The molecule has 1 aromatic heterocycles. The second kappa shape index (κ2) is 7.30. The van der Waals surface area contributed by atoms with Gasteiger partial charge in [0.2, 0.25) is 0 Å². The Morgan fingerprint density at radius 1 is 1.38 bits per heavy atom. The Labute approximate surface area is 145 Å². The molecule has 0 bridgehead atoms. The van der Waals surface area contributed by atoms with Crippen LogP contribution in [-0.4, -0.2) is 41.0 Å². The number of hydrogen-bond donors (Lipinski definition) is 0. The maximum absolute atomic E-state index is 12.9. The van der Waals surface area contributed by atoms with Crippen LogP contribution < -0.4 is 0 Å². The number of carbonyl (C=O) groups is 2. The number of rotatable bonds is 4. The number of aryl methyl sites for hydroxylation is 1. The molecule has 0 spiro atoms. The highest BCUT2D eigenvalue weighted by molar-refractivity contribution is 7.18. The number of carbonyl (C=O) groups excluding carboxylic acids is 2. The smallest absolute Gasteiger partial charge is 0.307 e. The third-order valence-corrected chi connectivity index (χ3v) is 5.29. The zero-order valence-electron chi connectivity index (χ0n) is 14.1. The van der Waals surface area contributed by atoms with Crippen LogP contribution in [0.5, 0.6) is 0 Å². The van der Waals surface area contributed by atoms with Crippen molar-refractivity contribution in [3.63, 3.8) is 0 Å². The minimum atomic E-state index is -0.229. The van der Waals surface area contributed by atoms with Crippen LogP contribution in [0.15, 0.2) is 18.2 Å². The third-order valence-electron chi connectivity index (χ3n) is 4.34. The summed E-state index contributed by atoms with van der Waals surface area (Å²) in [6.07, 6.45) is 3.14. The van der Waals surface area contributed by atoms with Crippen LogP contribution in [0.3, 0.4) is 0 Å². The van der Waals surface area contributed by atoms with Gasteiger partial charge in [0.25, 0.3) is 5.91 Å². The van der Waals surface area contributed by atoms with Gasteiger partial charge in [0, 0.05) is 18.2 Å². The fourth-order valence-corrected chi connectivity index (χ4v) is 4.04. The Bertz CT molecular complexity index is 756. The number of hydrogen-bond acceptors (Lipinski definition) is 5. The monoisotopic (exact) mass is 346 g/mol.